The van der Waals surface area contributed by atoms with Crippen LogP contribution >= 0.6 is 0 Å². The Kier molecular flexibility index (Phi) is 4.50. The molecule has 0 saturated carbocycles. The number of hydrazine groups is 1. The topological polar surface area (TPSA) is 84.7 Å². The molecule has 1 amide bonds. The minimum Gasteiger partial charge on any atom is -0.465 e. The van der Waals surface area contributed by atoms with Crippen LogP contribution in [-0.2, 0) is 9.53 Å². The number of anilines is 1. The van der Waals surface area contributed by atoms with Gasteiger partial charge in [0.1, 0.15) is 0 Å². The highest BCUT2D eigenvalue weighted by Gasteiger charge is 2.17. The number of aryl methyl sites for hydroxylation is 1. The average molecular weight is 301 g/mol. The standard InChI is InChI=1S/C16H19N3O3/c1-10-6-7-13(11(2)14(10)16(21)22-3)18-19-8-4-5-12(9-19)15(17)20/h4-8,18H,9H2,1-3H3,(H2,17,20). The van der Waals surface area contributed by atoms with Gasteiger partial charge in [0.25, 0.3) is 0 Å². The van der Waals surface area contributed by atoms with E-state index < -0.39 is 5.91 Å². The Balaban J connectivity index is 2.25. The van der Waals surface area contributed by atoms with E-state index in [1.165, 1.54) is 7.11 Å². The van der Waals surface area contributed by atoms with E-state index in [0.717, 1.165) is 16.8 Å². The second-order valence-electron chi connectivity index (χ2n) is 5.06. The quantitative estimate of drug-likeness (QED) is 0.826. The van der Waals surface area contributed by atoms with Crippen LogP contribution in [0.15, 0.2) is 36.1 Å². The molecule has 116 valence electrons. The molecule has 6 heteroatoms. The van der Waals surface area contributed by atoms with Crippen molar-refractivity contribution >= 4 is 17.6 Å². The van der Waals surface area contributed by atoms with E-state index in [1.54, 1.807) is 23.4 Å². The van der Waals surface area contributed by atoms with Gasteiger partial charge in [-0.05, 0) is 37.1 Å². The zero-order valence-corrected chi connectivity index (χ0v) is 12.8. The van der Waals surface area contributed by atoms with Crippen LogP contribution in [0, 0.1) is 13.8 Å². The number of hydrogen-bond donors (Lipinski definition) is 2. The number of rotatable bonds is 4. The Bertz CT molecular complexity index is 677. The predicted molar refractivity (Wildman–Crippen MR) is 84.0 cm³/mol. The average Bonchev–Trinajstić information content (AvgIpc) is 2.50. The van der Waals surface area contributed by atoms with Gasteiger partial charge >= 0.3 is 5.97 Å². The van der Waals surface area contributed by atoms with Crippen molar-refractivity contribution in [2.45, 2.75) is 13.8 Å². The van der Waals surface area contributed by atoms with Crippen LogP contribution in [-0.4, -0.2) is 30.5 Å². The van der Waals surface area contributed by atoms with E-state index in [9.17, 15) is 9.59 Å². The molecular weight excluding hydrogens is 282 g/mol. The highest BCUT2D eigenvalue weighted by Crippen LogP contribution is 2.24. The number of carbonyl (C=O) groups is 2. The molecule has 0 atom stereocenters. The van der Waals surface area contributed by atoms with E-state index >= 15 is 0 Å². The highest BCUT2D eigenvalue weighted by molar-refractivity contribution is 5.94. The van der Waals surface area contributed by atoms with Gasteiger partial charge in [-0.25, -0.2) is 4.79 Å². The number of nitrogens with zero attached hydrogens (tertiary/aromatic N) is 1. The summed E-state index contributed by atoms with van der Waals surface area (Å²) >= 11 is 0. The third-order valence-electron chi connectivity index (χ3n) is 3.55. The molecule has 0 aromatic heterocycles. The summed E-state index contributed by atoms with van der Waals surface area (Å²) in [7, 11) is 1.36. The van der Waals surface area contributed by atoms with E-state index in [1.807, 2.05) is 26.0 Å². The van der Waals surface area contributed by atoms with Crippen LogP contribution in [0.5, 0.6) is 0 Å². The molecule has 0 fully saturated rings. The highest BCUT2D eigenvalue weighted by atomic mass is 16.5. The van der Waals surface area contributed by atoms with Crippen LogP contribution in [0.2, 0.25) is 0 Å². The van der Waals surface area contributed by atoms with Crippen molar-refractivity contribution in [1.29, 1.82) is 0 Å². The normalized spacial score (nSPS) is 13.6. The molecule has 3 N–H and O–H groups in total. The zero-order valence-electron chi connectivity index (χ0n) is 12.8. The number of allylic oxidation sites excluding steroid dienone is 2. The van der Waals surface area contributed by atoms with Crippen molar-refractivity contribution < 1.29 is 14.3 Å². The maximum atomic E-state index is 11.9. The molecule has 0 unspecified atom stereocenters. The molecule has 1 heterocycles. The molecule has 0 spiro atoms. The summed E-state index contributed by atoms with van der Waals surface area (Å²) in [6.07, 6.45) is 5.22. The summed E-state index contributed by atoms with van der Waals surface area (Å²) in [5.41, 5.74) is 11.9. The summed E-state index contributed by atoms with van der Waals surface area (Å²) < 4.78 is 4.83. The predicted octanol–water partition coefficient (Wildman–Crippen LogP) is 1.66. The first-order valence-electron chi connectivity index (χ1n) is 6.83. The van der Waals surface area contributed by atoms with E-state index in [-0.39, 0.29) is 5.97 Å². The lowest BCUT2D eigenvalue weighted by molar-refractivity contribution is -0.114. The lowest BCUT2D eigenvalue weighted by Crippen LogP contribution is -2.32. The van der Waals surface area contributed by atoms with E-state index in [4.69, 9.17) is 10.5 Å². The smallest absolute Gasteiger partial charge is 0.338 e. The van der Waals surface area contributed by atoms with Crippen LogP contribution in [0.25, 0.3) is 0 Å². The van der Waals surface area contributed by atoms with Crippen molar-refractivity contribution in [1.82, 2.24) is 5.01 Å². The molecule has 1 aliphatic rings. The zero-order chi connectivity index (χ0) is 16.3. The minimum absolute atomic E-state index is 0.354. The fourth-order valence-corrected chi connectivity index (χ4v) is 2.33. The number of methoxy groups -OCH3 is 1. The van der Waals surface area contributed by atoms with Crippen LogP contribution in [0.1, 0.15) is 21.5 Å². The molecule has 1 aromatic rings. The number of nitrogens with two attached hydrogens (primary N) is 1. The van der Waals surface area contributed by atoms with Gasteiger partial charge in [-0.3, -0.25) is 15.2 Å². The lowest BCUT2D eigenvalue weighted by atomic mass is 10.0. The maximum Gasteiger partial charge on any atom is 0.338 e. The first-order valence-corrected chi connectivity index (χ1v) is 6.83. The van der Waals surface area contributed by atoms with Crippen molar-refractivity contribution in [2.24, 2.45) is 5.73 Å². The van der Waals surface area contributed by atoms with Crippen molar-refractivity contribution in [3.63, 3.8) is 0 Å². The summed E-state index contributed by atoms with van der Waals surface area (Å²) in [6, 6.07) is 3.73. The molecule has 22 heavy (non-hydrogen) atoms. The lowest BCUT2D eigenvalue weighted by Gasteiger charge is -2.26. The second-order valence-corrected chi connectivity index (χ2v) is 5.06. The molecule has 0 aliphatic carbocycles. The van der Waals surface area contributed by atoms with Gasteiger partial charge in [-0.15, -0.1) is 0 Å². The SMILES string of the molecule is COC(=O)c1c(C)ccc(NN2C=CC=C(C(N)=O)C2)c1C. The molecule has 6 nitrogen and oxygen atoms in total. The number of nitrogens with one attached hydrogen (secondary N) is 1. The molecule has 0 saturated heterocycles. The fourth-order valence-electron chi connectivity index (χ4n) is 2.33. The van der Waals surface area contributed by atoms with Crippen molar-refractivity contribution in [3.05, 3.63) is 52.7 Å². The Morgan fingerprint density at radius 2 is 2.05 bits per heavy atom. The molecular formula is C16H19N3O3. The third kappa shape index (κ3) is 3.11. The number of ether oxygens (including phenoxy) is 1. The molecule has 2 rings (SSSR count). The number of hydrogen-bond acceptors (Lipinski definition) is 5. The van der Waals surface area contributed by atoms with Gasteiger partial charge in [-0.2, -0.15) is 0 Å². The van der Waals surface area contributed by atoms with Gasteiger partial charge in [0.2, 0.25) is 5.91 Å². The Labute approximate surface area is 129 Å². The first-order chi connectivity index (χ1) is 10.4. The molecule has 1 aliphatic heterocycles. The number of esters is 1. The van der Waals surface area contributed by atoms with Gasteiger partial charge in [-0.1, -0.05) is 12.1 Å². The summed E-state index contributed by atoms with van der Waals surface area (Å²) in [5.74, 6) is -0.822. The number of amides is 1. The second kappa shape index (κ2) is 6.34. The van der Waals surface area contributed by atoms with Crippen LogP contribution in [0.4, 0.5) is 5.69 Å². The summed E-state index contributed by atoms with van der Waals surface area (Å²) in [4.78, 5) is 23.1. The fraction of sp³-hybridized carbons (Fsp3) is 0.250. The van der Waals surface area contributed by atoms with Gasteiger partial charge < -0.3 is 10.5 Å². The van der Waals surface area contributed by atoms with Crippen LogP contribution < -0.4 is 11.2 Å². The molecule has 0 bridgehead atoms. The number of carbonyl (C=O) groups excluding carboxylic acids is 2. The Morgan fingerprint density at radius 3 is 2.68 bits per heavy atom. The third-order valence-corrected chi connectivity index (χ3v) is 3.55. The summed E-state index contributed by atoms with van der Waals surface area (Å²) in [6.45, 7) is 4.06. The molecule has 1 aromatic carbocycles. The van der Waals surface area contributed by atoms with Gasteiger partial charge in [0, 0.05) is 11.8 Å². The number of primary amides is 1. The summed E-state index contributed by atoms with van der Waals surface area (Å²) in [5, 5.41) is 1.73. The number of benzene rings is 1. The van der Waals surface area contributed by atoms with Gasteiger partial charge in [0.05, 0.1) is 24.9 Å². The Morgan fingerprint density at radius 1 is 1.32 bits per heavy atom. The molecule has 0 radical (unpaired) electrons. The maximum absolute atomic E-state index is 11.9. The monoisotopic (exact) mass is 301 g/mol. The largest absolute Gasteiger partial charge is 0.465 e. The van der Waals surface area contributed by atoms with E-state index in [2.05, 4.69) is 5.43 Å². The minimum atomic E-state index is -0.452. The van der Waals surface area contributed by atoms with Crippen LogP contribution in [0.3, 0.4) is 0 Å². The van der Waals surface area contributed by atoms with Gasteiger partial charge in [0.15, 0.2) is 0 Å². The first kappa shape index (κ1) is 15.6. The van der Waals surface area contributed by atoms with E-state index in [0.29, 0.717) is 17.7 Å². The van der Waals surface area contributed by atoms with Crippen molar-refractivity contribution in [2.75, 3.05) is 19.1 Å². The Hall–Kier alpha value is -2.76. The van der Waals surface area contributed by atoms with Crippen molar-refractivity contribution in [3.8, 4) is 0 Å².